The van der Waals surface area contributed by atoms with Crippen LogP contribution in [0.15, 0.2) is 17.1 Å². The van der Waals surface area contributed by atoms with E-state index in [1.54, 1.807) is 11.8 Å². The fourth-order valence-corrected chi connectivity index (χ4v) is 1.85. The number of allylic oxidation sites excluding steroid dienone is 2. The Hall–Kier alpha value is 0.236. The van der Waals surface area contributed by atoms with Crippen LogP contribution in [0.3, 0.4) is 0 Å². The number of carboxylic acid groups (broad SMARTS) is 1. The predicted octanol–water partition coefficient (Wildman–Crippen LogP) is -2.35. The molecule has 0 spiro atoms. The molecule has 0 aromatic rings. The van der Waals surface area contributed by atoms with Crippen molar-refractivity contribution >= 4 is 11.9 Å². The molecule has 1 unspecified atom stereocenters. The van der Waals surface area contributed by atoms with Crippen LogP contribution in [0, 0.1) is 0 Å². The molecule has 0 aliphatic carbocycles. The van der Waals surface area contributed by atoms with Crippen LogP contribution in [0.2, 0.25) is 0 Å². The van der Waals surface area contributed by atoms with Gasteiger partial charge in [-0.1, -0.05) is 19.1 Å². The van der Waals surface area contributed by atoms with Gasteiger partial charge >= 0.3 is 57.4 Å². The first kappa shape index (κ1) is 24.5. The van der Waals surface area contributed by atoms with Gasteiger partial charge in [0.05, 0.1) is 19.2 Å². The molecular formula is C15H27KN2O4. The van der Waals surface area contributed by atoms with Crippen LogP contribution in [0.5, 0.6) is 0 Å². The Kier molecular flexibility index (Phi) is 17.9. The van der Waals surface area contributed by atoms with Gasteiger partial charge in [-0.2, -0.15) is 0 Å². The number of aliphatic imine (C=N–C) groups is 1. The van der Waals surface area contributed by atoms with Gasteiger partial charge in [-0.15, -0.1) is 0 Å². The van der Waals surface area contributed by atoms with Gasteiger partial charge in [0.25, 0.3) is 0 Å². The Morgan fingerprint density at radius 2 is 2.09 bits per heavy atom. The molecule has 0 rings (SSSR count). The molecule has 2 N–H and O–H groups in total. The minimum absolute atomic E-state index is 0. The molecule has 0 aromatic heterocycles. The second-order valence-electron chi connectivity index (χ2n) is 5.03. The summed E-state index contributed by atoms with van der Waals surface area (Å²) in [6, 6.07) is 0. The van der Waals surface area contributed by atoms with E-state index >= 15 is 0 Å². The molecule has 0 fully saturated rings. The topological polar surface area (TPSA) is 96.2 Å². The predicted molar refractivity (Wildman–Crippen MR) is 81.3 cm³/mol. The molecule has 0 bridgehead atoms. The Labute approximate surface area is 175 Å². The molecule has 0 radical (unpaired) electrons. The van der Waals surface area contributed by atoms with Crippen LogP contribution >= 0.6 is 0 Å². The summed E-state index contributed by atoms with van der Waals surface area (Å²) < 4.78 is 0. The molecule has 0 heterocycles. The van der Waals surface area contributed by atoms with Crippen molar-refractivity contribution in [2.24, 2.45) is 4.99 Å². The number of carbonyl (C=O) groups is 1. The van der Waals surface area contributed by atoms with E-state index in [0.717, 1.165) is 19.3 Å². The third kappa shape index (κ3) is 16.6. The third-order valence-corrected chi connectivity index (χ3v) is 2.75. The van der Waals surface area contributed by atoms with E-state index in [1.807, 2.05) is 0 Å². The number of aliphatic hydroxyl groups excluding tert-OH is 1. The van der Waals surface area contributed by atoms with Crippen molar-refractivity contribution in [2.75, 3.05) is 26.2 Å². The molecule has 0 aromatic carbocycles. The second kappa shape index (κ2) is 16.1. The number of unbranched alkanes of at least 4 members (excludes halogenated alkanes) is 1. The molecule has 6 nitrogen and oxygen atoms in total. The standard InChI is InChI=1S/C15H28N2O4.K/c1-3-4-5-6-7-8-14(19)16-9-10-17(11-13(2)18)12-15(20)21;/h4-5,13,18H,3,6-12H2,1-2H3,(H,16,19)(H,20,21);/q;+1/p-1/b5-4+;. The van der Waals surface area contributed by atoms with Crippen LogP contribution in [-0.4, -0.2) is 59.3 Å². The number of hydrogen-bond donors (Lipinski definition) is 2. The van der Waals surface area contributed by atoms with Gasteiger partial charge in [0, 0.05) is 13.1 Å². The molecular weight excluding hydrogens is 311 g/mol. The summed E-state index contributed by atoms with van der Waals surface area (Å²) in [5, 5.41) is 29.6. The monoisotopic (exact) mass is 338 g/mol. The zero-order valence-electron chi connectivity index (χ0n) is 14.0. The first-order valence-corrected chi connectivity index (χ1v) is 7.43. The molecule has 0 saturated carbocycles. The Morgan fingerprint density at radius 1 is 1.41 bits per heavy atom. The van der Waals surface area contributed by atoms with Gasteiger partial charge in [0.15, 0.2) is 0 Å². The second-order valence-corrected chi connectivity index (χ2v) is 5.03. The van der Waals surface area contributed by atoms with E-state index < -0.39 is 12.1 Å². The third-order valence-electron chi connectivity index (χ3n) is 2.75. The van der Waals surface area contributed by atoms with Crippen molar-refractivity contribution in [3.05, 3.63) is 12.2 Å². The molecule has 1 atom stereocenters. The molecule has 122 valence electrons. The molecule has 22 heavy (non-hydrogen) atoms. The fourth-order valence-electron chi connectivity index (χ4n) is 1.85. The van der Waals surface area contributed by atoms with Gasteiger partial charge in [-0.25, -0.2) is 0 Å². The number of hydrogen-bond acceptors (Lipinski definition) is 5. The van der Waals surface area contributed by atoms with Gasteiger partial charge < -0.3 is 20.3 Å². The SMILES string of the molecule is CC/C=C/CCCC([O-])=NCCN(CC(=O)O)CC(C)O.[K+]. The summed E-state index contributed by atoms with van der Waals surface area (Å²) >= 11 is 0. The van der Waals surface area contributed by atoms with Crippen LogP contribution < -0.4 is 56.5 Å². The Morgan fingerprint density at radius 3 is 2.64 bits per heavy atom. The minimum Gasteiger partial charge on any atom is -0.862 e. The maximum Gasteiger partial charge on any atom is 1.00 e. The zero-order chi connectivity index (χ0) is 16.1. The molecule has 7 heteroatoms. The first-order chi connectivity index (χ1) is 9.95. The zero-order valence-corrected chi connectivity index (χ0v) is 17.1. The van der Waals surface area contributed by atoms with E-state index in [2.05, 4.69) is 24.1 Å². The number of rotatable bonds is 12. The first-order valence-electron chi connectivity index (χ1n) is 7.43. The number of nitrogens with zero attached hydrogens (tertiary/aromatic N) is 2. The summed E-state index contributed by atoms with van der Waals surface area (Å²) in [6.07, 6.45) is 6.61. The normalized spacial score (nSPS) is 13.4. The van der Waals surface area contributed by atoms with Crippen molar-refractivity contribution in [3.8, 4) is 0 Å². The minimum atomic E-state index is -0.954. The Balaban J connectivity index is 0. The molecule has 0 aliphatic rings. The quantitative estimate of drug-likeness (QED) is 0.137. The van der Waals surface area contributed by atoms with E-state index in [9.17, 15) is 15.0 Å². The number of aliphatic hydroxyl groups is 1. The van der Waals surface area contributed by atoms with Crippen LogP contribution in [0.1, 0.15) is 39.5 Å². The summed E-state index contributed by atoms with van der Waals surface area (Å²) in [7, 11) is 0. The summed E-state index contributed by atoms with van der Waals surface area (Å²) in [6.45, 7) is 4.39. The van der Waals surface area contributed by atoms with E-state index in [1.165, 1.54) is 0 Å². The maximum absolute atomic E-state index is 11.5. The molecule has 0 aliphatic heterocycles. The van der Waals surface area contributed by atoms with E-state index in [-0.39, 0.29) is 76.9 Å². The van der Waals surface area contributed by atoms with Crippen LogP contribution in [0.4, 0.5) is 0 Å². The largest absolute Gasteiger partial charge is 1.00 e. The van der Waals surface area contributed by atoms with Crippen molar-refractivity contribution in [3.63, 3.8) is 0 Å². The van der Waals surface area contributed by atoms with Crippen molar-refractivity contribution in [1.29, 1.82) is 0 Å². The summed E-state index contributed by atoms with van der Waals surface area (Å²) in [5.74, 6) is -1.10. The average Bonchev–Trinajstić information content (AvgIpc) is 2.37. The van der Waals surface area contributed by atoms with E-state index in [0.29, 0.717) is 13.0 Å². The fraction of sp³-hybridized carbons (Fsp3) is 0.733. The van der Waals surface area contributed by atoms with Crippen LogP contribution in [-0.2, 0) is 4.79 Å². The average molecular weight is 338 g/mol. The summed E-state index contributed by atoms with van der Waals surface area (Å²) in [5.41, 5.74) is 0. The maximum atomic E-state index is 11.5. The Bertz CT molecular complexity index is 346. The number of aliphatic carboxylic acids is 1. The summed E-state index contributed by atoms with van der Waals surface area (Å²) in [4.78, 5) is 16.2. The van der Waals surface area contributed by atoms with Gasteiger partial charge in [0.1, 0.15) is 0 Å². The van der Waals surface area contributed by atoms with Gasteiger partial charge in [-0.05, 0) is 38.5 Å². The van der Waals surface area contributed by atoms with Crippen molar-refractivity contribution < 1.29 is 71.5 Å². The number of carboxylic acids is 1. The molecule has 0 saturated heterocycles. The van der Waals surface area contributed by atoms with Crippen LogP contribution in [0.25, 0.3) is 0 Å². The smallest absolute Gasteiger partial charge is 0.862 e. The van der Waals surface area contributed by atoms with Crippen molar-refractivity contribution in [1.82, 2.24) is 4.90 Å². The van der Waals surface area contributed by atoms with Crippen molar-refractivity contribution in [2.45, 2.75) is 45.6 Å². The van der Waals surface area contributed by atoms with Gasteiger partial charge in [-0.3, -0.25) is 9.69 Å². The molecule has 0 amide bonds. The van der Waals surface area contributed by atoms with E-state index in [4.69, 9.17) is 5.11 Å². The van der Waals surface area contributed by atoms with Gasteiger partial charge in [0.2, 0.25) is 0 Å².